The lowest BCUT2D eigenvalue weighted by atomic mass is 10.2. The van der Waals surface area contributed by atoms with E-state index in [4.69, 9.17) is 0 Å². The molecule has 8 heteroatoms. The smallest absolute Gasteiger partial charge is 0.321 e. The molecule has 6 nitrogen and oxygen atoms in total. The lowest BCUT2D eigenvalue weighted by Crippen LogP contribution is -2.14. The summed E-state index contributed by atoms with van der Waals surface area (Å²) in [6.45, 7) is 1.91. The number of benzene rings is 3. The molecule has 1 atom stereocenters. The number of imidazole rings is 1. The third-order valence-electron chi connectivity index (χ3n) is 5.05. The summed E-state index contributed by atoms with van der Waals surface area (Å²) in [6, 6.07) is 19.3. The second-order valence-corrected chi connectivity index (χ2v) is 10.9. The molecule has 0 aliphatic rings. The van der Waals surface area contributed by atoms with Crippen molar-refractivity contribution in [1.29, 1.82) is 0 Å². The number of anilines is 1. The summed E-state index contributed by atoms with van der Waals surface area (Å²) >= 11 is -1.40. The quantitative estimate of drug-likeness (QED) is 0.445. The van der Waals surface area contributed by atoms with Gasteiger partial charge in [0.1, 0.15) is 5.75 Å². The second kappa shape index (κ2) is 8.37. The fourth-order valence-electron chi connectivity index (χ4n) is 3.37. The van der Waals surface area contributed by atoms with Crippen molar-refractivity contribution in [3.8, 4) is 0 Å². The maximum Gasteiger partial charge on any atom is 0.321 e. The van der Waals surface area contributed by atoms with Gasteiger partial charge in [0.15, 0.2) is 0 Å². The Labute approximate surface area is 185 Å². The Morgan fingerprint density at radius 3 is 2.39 bits per heavy atom. The minimum absolute atomic E-state index is 0.158. The van der Waals surface area contributed by atoms with Gasteiger partial charge in [-0.25, -0.2) is 8.42 Å². The molecule has 31 heavy (non-hydrogen) atoms. The number of para-hydroxylation sites is 1. The van der Waals surface area contributed by atoms with Crippen molar-refractivity contribution in [3.63, 3.8) is 0 Å². The van der Waals surface area contributed by atoms with Crippen LogP contribution in [0.3, 0.4) is 0 Å². The molecular formula is C23H23N3O3S2. The first-order valence-electron chi connectivity index (χ1n) is 9.71. The second-order valence-electron chi connectivity index (χ2n) is 7.55. The van der Waals surface area contributed by atoms with Gasteiger partial charge in [0, 0.05) is 36.5 Å². The van der Waals surface area contributed by atoms with Crippen molar-refractivity contribution in [2.45, 2.75) is 27.6 Å². The van der Waals surface area contributed by atoms with Gasteiger partial charge in [-0.3, -0.25) is 4.98 Å². The molecule has 1 unspecified atom stereocenters. The van der Waals surface area contributed by atoms with Crippen LogP contribution in [0.15, 0.2) is 81.7 Å². The van der Waals surface area contributed by atoms with Crippen LogP contribution in [-0.4, -0.2) is 37.0 Å². The number of aromatic amines is 1. The number of aromatic nitrogens is 2. The predicted molar refractivity (Wildman–Crippen MR) is 124 cm³/mol. The van der Waals surface area contributed by atoms with Crippen molar-refractivity contribution in [3.05, 3.63) is 77.9 Å². The maximum atomic E-state index is 13.0. The monoisotopic (exact) mass is 453 g/mol. The number of sulfone groups is 1. The molecule has 3 aromatic carbocycles. The van der Waals surface area contributed by atoms with Gasteiger partial charge >= 0.3 is 5.16 Å². The van der Waals surface area contributed by atoms with Crippen LogP contribution < -0.4 is 4.90 Å². The van der Waals surface area contributed by atoms with E-state index in [1.165, 1.54) is 6.07 Å². The molecular weight excluding hydrogens is 430 g/mol. The largest absolute Gasteiger partial charge is 0.609 e. The van der Waals surface area contributed by atoms with Crippen LogP contribution in [0.2, 0.25) is 0 Å². The highest BCUT2D eigenvalue weighted by molar-refractivity contribution is 7.91. The normalized spacial score (nSPS) is 12.8. The van der Waals surface area contributed by atoms with E-state index < -0.39 is 21.0 Å². The number of hydrogen-bond donors (Lipinski definition) is 1. The summed E-state index contributed by atoms with van der Waals surface area (Å²) in [5.74, 6) is 0.308. The topological polar surface area (TPSA) is 89.1 Å². The van der Waals surface area contributed by atoms with Gasteiger partial charge in [-0.05, 0) is 43.3 Å². The van der Waals surface area contributed by atoms with E-state index in [1.54, 1.807) is 36.4 Å². The summed E-state index contributed by atoms with van der Waals surface area (Å²) in [7, 11) is 0.230. The van der Waals surface area contributed by atoms with Gasteiger partial charge in [0.05, 0.1) is 20.8 Å². The minimum atomic E-state index is -3.66. The molecule has 4 aromatic rings. The molecule has 0 saturated heterocycles. The Morgan fingerprint density at radius 2 is 1.68 bits per heavy atom. The van der Waals surface area contributed by atoms with Crippen LogP contribution in [0.1, 0.15) is 11.1 Å². The highest BCUT2D eigenvalue weighted by atomic mass is 32.2. The number of H-pyrrole nitrogens is 1. The van der Waals surface area contributed by atoms with E-state index in [1.807, 2.05) is 50.2 Å². The molecule has 0 fully saturated rings. The lowest BCUT2D eigenvalue weighted by Gasteiger charge is -2.17. The zero-order chi connectivity index (χ0) is 22.2. The Hall–Kier alpha value is -2.81. The van der Waals surface area contributed by atoms with E-state index in [0.29, 0.717) is 21.9 Å². The molecule has 0 aliphatic carbocycles. The molecule has 160 valence electrons. The summed E-state index contributed by atoms with van der Waals surface area (Å²) in [5.41, 5.74) is 4.06. The summed E-state index contributed by atoms with van der Waals surface area (Å²) in [4.78, 5) is 9.87. The van der Waals surface area contributed by atoms with Gasteiger partial charge in [-0.1, -0.05) is 35.9 Å². The van der Waals surface area contributed by atoms with Crippen molar-refractivity contribution < 1.29 is 13.0 Å². The van der Waals surface area contributed by atoms with Crippen LogP contribution in [0.5, 0.6) is 0 Å². The molecule has 0 radical (unpaired) electrons. The van der Waals surface area contributed by atoms with Crippen LogP contribution >= 0.6 is 0 Å². The van der Waals surface area contributed by atoms with Gasteiger partial charge < -0.3 is 9.45 Å². The first-order chi connectivity index (χ1) is 14.8. The van der Waals surface area contributed by atoms with E-state index in [2.05, 4.69) is 9.97 Å². The van der Waals surface area contributed by atoms with Crippen LogP contribution in [-0.2, 0) is 26.8 Å². The van der Waals surface area contributed by atoms with Gasteiger partial charge in [-0.2, -0.15) is 4.98 Å². The molecule has 1 heterocycles. The Bertz CT molecular complexity index is 1330. The zero-order valence-electron chi connectivity index (χ0n) is 17.5. The van der Waals surface area contributed by atoms with E-state index >= 15 is 0 Å². The molecule has 0 bridgehead atoms. The van der Waals surface area contributed by atoms with Crippen molar-refractivity contribution >= 4 is 37.7 Å². The van der Waals surface area contributed by atoms with Gasteiger partial charge in [-0.15, -0.1) is 0 Å². The van der Waals surface area contributed by atoms with Crippen LogP contribution in [0.4, 0.5) is 5.69 Å². The standard InChI is InChI=1S/C23H23N3O3S2/c1-16-8-10-18(11-9-16)31(28,29)19-12-13-20-21(14-19)25-23(24-20)30(27)15-17-6-4-5-7-22(17)26(2)3/h4-14H,15H2,1-3H3,(H,24,25). The first-order valence-corrected chi connectivity index (χ1v) is 12.5. The van der Waals surface area contributed by atoms with E-state index in [9.17, 15) is 13.0 Å². The first kappa shape index (κ1) is 21.4. The third-order valence-corrected chi connectivity index (χ3v) is 8.02. The number of nitrogens with zero attached hydrogens (tertiary/aromatic N) is 2. The highest BCUT2D eigenvalue weighted by Crippen LogP contribution is 2.27. The molecule has 4 rings (SSSR count). The van der Waals surface area contributed by atoms with Crippen molar-refractivity contribution in [1.82, 2.24) is 9.97 Å². The lowest BCUT2D eigenvalue weighted by molar-refractivity contribution is 0.587. The van der Waals surface area contributed by atoms with Crippen molar-refractivity contribution in [2.75, 3.05) is 19.0 Å². The SMILES string of the molecule is Cc1ccc(S(=O)(=O)c2ccc3[nH]c([S+]([O-])Cc4ccccc4N(C)C)nc3c2)cc1. The summed E-state index contributed by atoms with van der Waals surface area (Å²) < 4.78 is 38.9. The predicted octanol–water partition coefficient (Wildman–Crippen LogP) is 4.08. The number of nitrogens with one attached hydrogen (secondary N) is 1. The molecule has 0 saturated carbocycles. The fourth-order valence-corrected chi connectivity index (χ4v) is 5.74. The average Bonchev–Trinajstić information content (AvgIpc) is 3.18. The number of hydrogen-bond acceptors (Lipinski definition) is 5. The highest BCUT2D eigenvalue weighted by Gasteiger charge is 2.22. The van der Waals surface area contributed by atoms with Gasteiger partial charge in [0.25, 0.3) is 0 Å². The average molecular weight is 454 g/mol. The third kappa shape index (κ3) is 4.32. The van der Waals surface area contributed by atoms with Crippen LogP contribution in [0, 0.1) is 6.92 Å². The van der Waals surface area contributed by atoms with E-state index in [0.717, 1.165) is 16.8 Å². The Morgan fingerprint density at radius 1 is 1.00 bits per heavy atom. The van der Waals surface area contributed by atoms with E-state index in [-0.39, 0.29) is 9.79 Å². The zero-order valence-corrected chi connectivity index (χ0v) is 19.1. The van der Waals surface area contributed by atoms with Gasteiger partial charge in [0.2, 0.25) is 9.84 Å². The molecule has 0 aliphatic heterocycles. The number of rotatable bonds is 6. The maximum absolute atomic E-state index is 13.0. The molecule has 1 N–H and O–H groups in total. The fraction of sp³-hybridized carbons (Fsp3) is 0.174. The minimum Gasteiger partial charge on any atom is -0.609 e. The Balaban J connectivity index is 1.64. The molecule has 0 spiro atoms. The Kier molecular flexibility index (Phi) is 5.79. The summed E-state index contributed by atoms with van der Waals surface area (Å²) in [5, 5.41) is 0.327. The number of fused-ring (bicyclic) bond motifs is 1. The number of aryl methyl sites for hydroxylation is 1. The van der Waals surface area contributed by atoms with Crippen molar-refractivity contribution in [2.24, 2.45) is 0 Å². The summed E-state index contributed by atoms with van der Waals surface area (Å²) in [6.07, 6.45) is 0. The van der Waals surface area contributed by atoms with Crippen LogP contribution in [0.25, 0.3) is 11.0 Å². The molecule has 0 amide bonds. The molecule has 1 aromatic heterocycles.